The number of halogens is 4. The van der Waals surface area contributed by atoms with Crippen molar-refractivity contribution in [2.75, 3.05) is 13.1 Å². The van der Waals surface area contributed by atoms with Crippen molar-refractivity contribution in [2.24, 2.45) is 0 Å². The minimum atomic E-state index is -4.43. The van der Waals surface area contributed by atoms with E-state index in [1.54, 1.807) is 0 Å². The molecule has 0 amide bonds. The van der Waals surface area contributed by atoms with Crippen LogP contribution in [0.25, 0.3) is 0 Å². The molecule has 0 N–H and O–H groups in total. The molecular formula is C4H7F4N. The second-order valence-electron chi connectivity index (χ2n) is 1.55. The van der Waals surface area contributed by atoms with Gasteiger partial charge in [-0.05, 0) is 6.92 Å². The Morgan fingerprint density at radius 1 is 1.33 bits per heavy atom. The summed E-state index contributed by atoms with van der Waals surface area (Å²) in [5.74, 6) is 0. The van der Waals surface area contributed by atoms with Crippen LogP contribution in [-0.2, 0) is 0 Å². The van der Waals surface area contributed by atoms with Gasteiger partial charge in [-0.15, -0.1) is 9.60 Å². The molecule has 0 radical (unpaired) electrons. The Hall–Kier alpha value is -0.320. The van der Waals surface area contributed by atoms with Gasteiger partial charge in [-0.25, -0.2) is 0 Å². The lowest BCUT2D eigenvalue weighted by molar-refractivity contribution is -0.175. The van der Waals surface area contributed by atoms with Crippen LogP contribution in [0.3, 0.4) is 0 Å². The van der Waals surface area contributed by atoms with Gasteiger partial charge in [0.25, 0.3) is 0 Å². The van der Waals surface area contributed by atoms with Gasteiger partial charge in [0, 0.05) is 6.54 Å². The van der Waals surface area contributed by atoms with Gasteiger partial charge in [0.1, 0.15) is 6.54 Å². The Morgan fingerprint density at radius 2 is 1.78 bits per heavy atom. The van der Waals surface area contributed by atoms with Crippen molar-refractivity contribution >= 4 is 0 Å². The molecule has 0 aliphatic heterocycles. The van der Waals surface area contributed by atoms with E-state index in [4.69, 9.17) is 0 Å². The fourth-order valence-electron chi connectivity index (χ4n) is 0.306. The van der Waals surface area contributed by atoms with Crippen molar-refractivity contribution in [1.82, 2.24) is 5.12 Å². The smallest absolute Gasteiger partial charge is 0.170 e. The normalized spacial score (nSPS) is 12.7. The monoisotopic (exact) mass is 145 g/mol. The zero-order chi connectivity index (χ0) is 7.49. The van der Waals surface area contributed by atoms with E-state index < -0.39 is 12.7 Å². The third-order valence-corrected chi connectivity index (χ3v) is 0.694. The summed E-state index contributed by atoms with van der Waals surface area (Å²) in [4.78, 5) is 0. The van der Waals surface area contributed by atoms with Crippen LogP contribution in [0, 0.1) is 0 Å². The van der Waals surface area contributed by atoms with Crippen LogP contribution in [0.5, 0.6) is 0 Å². The van der Waals surface area contributed by atoms with E-state index in [0.29, 0.717) is 0 Å². The number of rotatable bonds is 2. The lowest BCUT2D eigenvalue weighted by Crippen LogP contribution is -2.27. The first-order chi connectivity index (χ1) is 3.95. The molecule has 0 aliphatic carbocycles. The number of hydrogen-bond donors (Lipinski definition) is 0. The van der Waals surface area contributed by atoms with Crippen molar-refractivity contribution < 1.29 is 17.7 Å². The first-order valence-corrected chi connectivity index (χ1v) is 2.43. The largest absolute Gasteiger partial charge is 0.403 e. The molecule has 0 atom stereocenters. The molecular weight excluding hydrogens is 138 g/mol. The first-order valence-electron chi connectivity index (χ1n) is 2.43. The average molecular weight is 145 g/mol. The highest BCUT2D eigenvalue weighted by Gasteiger charge is 2.30. The highest BCUT2D eigenvalue weighted by molar-refractivity contribution is 4.51. The maximum Gasteiger partial charge on any atom is 0.403 e. The molecule has 0 aromatic heterocycles. The van der Waals surface area contributed by atoms with E-state index in [9.17, 15) is 17.7 Å². The Labute approximate surface area is 50.2 Å². The van der Waals surface area contributed by atoms with Crippen LogP contribution in [-0.4, -0.2) is 24.4 Å². The Bertz CT molecular complexity index is 79.1. The van der Waals surface area contributed by atoms with Gasteiger partial charge < -0.3 is 0 Å². The number of alkyl halides is 3. The molecule has 0 rings (SSSR count). The van der Waals surface area contributed by atoms with Gasteiger partial charge in [-0.2, -0.15) is 13.2 Å². The highest BCUT2D eigenvalue weighted by Crippen LogP contribution is 2.15. The number of nitrogens with zero attached hydrogens (tertiary/aromatic N) is 1. The third-order valence-electron chi connectivity index (χ3n) is 0.694. The molecule has 0 saturated heterocycles. The summed E-state index contributed by atoms with van der Waals surface area (Å²) >= 11 is 0. The van der Waals surface area contributed by atoms with Gasteiger partial charge >= 0.3 is 6.18 Å². The van der Waals surface area contributed by atoms with Crippen LogP contribution in [0.1, 0.15) is 6.92 Å². The van der Waals surface area contributed by atoms with E-state index in [1.807, 2.05) is 0 Å². The lowest BCUT2D eigenvalue weighted by atomic mass is 10.6. The predicted molar refractivity (Wildman–Crippen MR) is 24.4 cm³/mol. The van der Waals surface area contributed by atoms with Crippen LogP contribution < -0.4 is 0 Å². The van der Waals surface area contributed by atoms with Gasteiger partial charge in [0.05, 0.1) is 0 Å². The molecule has 56 valence electrons. The summed E-state index contributed by atoms with van der Waals surface area (Å²) in [5.41, 5.74) is 0. The maximum absolute atomic E-state index is 11.7. The summed E-state index contributed by atoms with van der Waals surface area (Å²) < 4.78 is 45.4. The molecule has 9 heavy (non-hydrogen) atoms. The second-order valence-corrected chi connectivity index (χ2v) is 1.55. The SMILES string of the molecule is CCN(F)CC(F)(F)F. The van der Waals surface area contributed by atoms with E-state index in [2.05, 4.69) is 0 Å². The first kappa shape index (κ1) is 8.68. The van der Waals surface area contributed by atoms with Crippen LogP contribution in [0.15, 0.2) is 0 Å². The summed E-state index contributed by atoms with van der Waals surface area (Å²) in [7, 11) is 0. The second kappa shape index (κ2) is 3.00. The standard InChI is InChI=1S/C4H7F4N/c1-2-9(8)3-4(5,6)7/h2-3H2,1H3. The molecule has 0 spiro atoms. The Kier molecular flexibility index (Phi) is 2.90. The number of hydrogen-bond acceptors (Lipinski definition) is 1. The van der Waals surface area contributed by atoms with Gasteiger partial charge in [-0.1, -0.05) is 0 Å². The zero-order valence-electron chi connectivity index (χ0n) is 4.87. The molecule has 0 unspecified atom stereocenters. The van der Waals surface area contributed by atoms with Gasteiger partial charge in [0.2, 0.25) is 0 Å². The van der Waals surface area contributed by atoms with Crippen LogP contribution >= 0.6 is 0 Å². The highest BCUT2D eigenvalue weighted by atomic mass is 19.4. The molecule has 0 fully saturated rings. The lowest BCUT2D eigenvalue weighted by Gasteiger charge is -2.10. The van der Waals surface area contributed by atoms with Crippen molar-refractivity contribution in [3.05, 3.63) is 0 Å². The van der Waals surface area contributed by atoms with E-state index in [-0.39, 0.29) is 11.7 Å². The predicted octanol–water partition coefficient (Wildman–Crippen LogP) is 1.76. The Morgan fingerprint density at radius 3 is 1.89 bits per heavy atom. The minimum Gasteiger partial charge on any atom is -0.170 e. The van der Waals surface area contributed by atoms with E-state index >= 15 is 0 Å². The molecule has 1 nitrogen and oxygen atoms in total. The van der Waals surface area contributed by atoms with Crippen LogP contribution in [0.4, 0.5) is 17.7 Å². The maximum atomic E-state index is 11.7. The molecule has 0 heterocycles. The van der Waals surface area contributed by atoms with Gasteiger partial charge in [-0.3, -0.25) is 0 Å². The van der Waals surface area contributed by atoms with E-state index in [1.165, 1.54) is 6.92 Å². The molecule has 0 saturated carbocycles. The third kappa shape index (κ3) is 5.55. The van der Waals surface area contributed by atoms with Crippen LogP contribution in [0.2, 0.25) is 0 Å². The quantitative estimate of drug-likeness (QED) is 0.422. The summed E-state index contributed by atoms with van der Waals surface area (Å²) in [5, 5.41) is -0.292. The Balaban J connectivity index is 3.47. The summed E-state index contributed by atoms with van der Waals surface area (Å²) in [6.07, 6.45) is -4.43. The summed E-state index contributed by atoms with van der Waals surface area (Å²) in [6.45, 7) is -0.408. The molecule has 0 bridgehead atoms. The summed E-state index contributed by atoms with van der Waals surface area (Å²) in [6, 6.07) is 0. The fourth-order valence-corrected chi connectivity index (χ4v) is 0.306. The minimum absolute atomic E-state index is 0.237. The average Bonchev–Trinajstić information content (AvgIpc) is 1.62. The molecule has 0 aliphatic rings. The van der Waals surface area contributed by atoms with Crippen molar-refractivity contribution in [3.63, 3.8) is 0 Å². The van der Waals surface area contributed by atoms with E-state index in [0.717, 1.165) is 0 Å². The van der Waals surface area contributed by atoms with Crippen molar-refractivity contribution in [3.8, 4) is 0 Å². The topological polar surface area (TPSA) is 3.24 Å². The molecule has 0 aromatic carbocycles. The van der Waals surface area contributed by atoms with Gasteiger partial charge in [0.15, 0.2) is 0 Å². The molecule has 5 heteroatoms. The fraction of sp³-hybridized carbons (Fsp3) is 1.00. The molecule has 0 aromatic rings. The van der Waals surface area contributed by atoms with Crippen molar-refractivity contribution in [1.29, 1.82) is 0 Å². The zero-order valence-corrected chi connectivity index (χ0v) is 4.87. The van der Waals surface area contributed by atoms with Crippen molar-refractivity contribution in [2.45, 2.75) is 13.1 Å².